The summed E-state index contributed by atoms with van der Waals surface area (Å²) in [5.74, 6) is 1.08. The summed E-state index contributed by atoms with van der Waals surface area (Å²) in [7, 11) is 0. The molecule has 3 fully saturated rings. The van der Waals surface area contributed by atoms with E-state index in [2.05, 4.69) is 5.32 Å². The Hall–Kier alpha value is -0.0800. The lowest BCUT2D eigenvalue weighted by atomic mass is 9.65. The molecule has 2 nitrogen and oxygen atoms in total. The van der Waals surface area contributed by atoms with Crippen LogP contribution in [0.2, 0.25) is 0 Å². The largest absolute Gasteiger partial charge is 0.381 e. The third-order valence-corrected chi connectivity index (χ3v) is 4.76. The van der Waals surface area contributed by atoms with Crippen molar-refractivity contribution in [1.82, 2.24) is 5.32 Å². The summed E-state index contributed by atoms with van der Waals surface area (Å²) in [4.78, 5) is 0. The van der Waals surface area contributed by atoms with E-state index >= 15 is 0 Å². The van der Waals surface area contributed by atoms with Crippen molar-refractivity contribution < 1.29 is 4.74 Å². The van der Waals surface area contributed by atoms with E-state index < -0.39 is 0 Å². The van der Waals surface area contributed by atoms with Crippen LogP contribution >= 0.6 is 0 Å². The molecule has 1 N–H and O–H groups in total. The van der Waals surface area contributed by atoms with Gasteiger partial charge in [-0.25, -0.2) is 0 Å². The molecule has 0 unspecified atom stereocenters. The Morgan fingerprint density at radius 3 is 2.33 bits per heavy atom. The van der Waals surface area contributed by atoms with Crippen molar-refractivity contribution in [2.45, 2.75) is 51.0 Å². The molecule has 0 aromatic heterocycles. The second kappa shape index (κ2) is 4.06. The van der Waals surface area contributed by atoms with E-state index in [1.165, 1.54) is 51.5 Å². The van der Waals surface area contributed by atoms with Gasteiger partial charge in [-0.05, 0) is 49.9 Å². The summed E-state index contributed by atoms with van der Waals surface area (Å²) in [5.41, 5.74) is 0.734. The first kappa shape index (κ1) is 10.1. The van der Waals surface area contributed by atoms with Crippen molar-refractivity contribution in [3.63, 3.8) is 0 Å². The lowest BCUT2D eigenvalue weighted by Crippen LogP contribution is -2.46. The van der Waals surface area contributed by atoms with Crippen LogP contribution in [0, 0.1) is 11.3 Å². The molecule has 2 heteroatoms. The molecule has 0 radical (unpaired) electrons. The maximum Gasteiger partial charge on any atom is 0.0480 e. The fourth-order valence-corrected chi connectivity index (χ4v) is 3.31. The number of hydrogen-bond acceptors (Lipinski definition) is 2. The van der Waals surface area contributed by atoms with Gasteiger partial charge in [-0.2, -0.15) is 0 Å². The third-order valence-electron chi connectivity index (χ3n) is 4.76. The van der Waals surface area contributed by atoms with Crippen LogP contribution in [-0.4, -0.2) is 25.8 Å². The Kier molecular flexibility index (Phi) is 2.73. The molecule has 86 valence electrons. The van der Waals surface area contributed by atoms with Crippen LogP contribution in [0.3, 0.4) is 0 Å². The third kappa shape index (κ3) is 2.07. The average Bonchev–Trinajstić information content (AvgIpc) is 3.02. The van der Waals surface area contributed by atoms with E-state index in [9.17, 15) is 0 Å². The fourth-order valence-electron chi connectivity index (χ4n) is 3.31. The highest BCUT2D eigenvalue weighted by Crippen LogP contribution is 2.56. The summed E-state index contributed by atoms with van der Waals surface area (Å²) in [5, 5.41) is 3.81. The van der Waals surface area contributed by atoms with Gasteiger partial charge in [-0.3, -0.25) is 0 Å². The van der Waals surface area contributed by atoms with Gasteiger partial charge in [0.1, 0.15) is 0 Å². The molecule has 1 saturated heterocycles. The molecular weight excluding hydrogens is 186 g/mol. The first-order valence-electron chi connectivity index (χ1n) is 6.70. The zero-order chi connectivity index (χ0) is 10.1. The Morgan fingerprint density at radius 1 is 1.07 bits per heavy atom. The molecule has 1 heterocycles. The van der Waals surface area contributed by atoms with Crippen molar-refractivity contribution in [1.29, 1.82) is 0 Å². The van der Waals surface area contributed by atoms with Crippen molar-refractivity contribution in [2.75, 3.05) is 19.8 Å². The summed E-state index contributed by atoms with van der Waals surface area (Å²) in [6.45, 7) is 3.23. The van der Waals surface area contributed by atoms with E-state index in [1.54, 1.807) is 0 Å². The number of rotatable bonds is 4. The van der Waals surface area contributed by atoms with Gasteiger partial charge in [-0.1, -0.05) is 6.42 Å². The van der Waals surface area contributed by atoms with Gasteiger partial charge in [-0.15, -0.1) is 0 Å². The molecule has 1 aliphatic heterocycles. The molecule has 0 aromatic rings. The number of nitrogens with one attached hydrogen (secondary N) is 1. The van der Waals surface area contributed by atoms with Crippen LogP contribution < -0.4 is 5.32 Å². The first-order chi connectivity index (χ1) is 7.39. The first-order valence-corrected chi connectivity index (χ1v) is 6.70. The van der Waals surface area contributed by atoms with E-state index in [0.29, 0.717) is 0 Å². The number of hydrogen-bond donors (Lipinski definition) is 1. The molecule has 3 aliphatic rings. The van der Waals surface area contributed by atoms with Gasteiger partial charge in [0.25, 0.3) is 0 Å². The molecular formula is C13H23NO. The van der Waals surface area contributed by atoms with Gasteiger partial charge in [0, 0.05) is 25.8 Å². The predicted octanol–water partition coefficient (Wildman–Crippen LogP) is 2.34. The van der Waals surface area contributed by atoms with Gasteiger partial charge >= 0.3 is 0 Å². The van der Waals surface area contributed by atoms with E-state index in [-0.39, 0.29) is 0 Å². The predicted molar refractivity (Wildman–Crippen MR) is 60.9 cm³/mol. The second-order valence-electron chi connectivity index (χ2n) is 5.76. The van der Waals surface area contributed by atoms with Crippen molar-refractivity contribution in [2.24, 2.45) is 11.3 Å². The minimum absolute atomic E-state index is 0.734. The smallest absolute Gasteiger partial charge is 0.0480 e. The fraction of sp³-hybridized carbons (Fsp3) is 1.00. The van der Waals surface area contributed by atoms with Gasteiger partial charge in [0.05, 0.1) is 0 Å². The Labute approximate surface area is 92.8 Å². The van der Waals surface area contributed by atoms with Gasteiger partial charge in [0.2, 0.25) is 0 Å². The summed E-state index contributed by atoms with van der Waals surface area (Å²) in [6, 6.07) is 0.745. The quantitative estimate of drug-likeness (QED) is 0.767. The molecule has 0 amide bonds. The molecule has 0 atom stereocenters. The molecule has 2 aliphatic carbocycles. The molecule has 3 rings (SSSR count). The molecule has 0 spiro atoms. The van der Waals surface area contributed by atoms with Crippen LogP contribution in [0.15, 0.2) is 0 Å². The van der Waals surface area contributed by atoms with E-state index in [4.69, 9.17) is 4.74 Å². The Morgan fingerprint density at radius 2 is 1.80 bits per heavy atom. The highest BCUT2D eigenvalue weighted by Gasteiger charge is 2.48. The zero-order valence-corrected chi connectivity index (χ0v) is 9.63. The number of ether oxygens (including phenoxy) is 1. The zero-order valence-electron chi connectivity index (χ0n) is 9.63. The molecule has 2 saturated carbocycles. The SMILES string of the molecule is C1CC(CNC2CCOCC2)(C2CC2)C1. The summed E-state index contributed by atoms with van der Waals surface area (Å²) >= 11 is 0. The van der Waals surface area contributed by atoms with Gasteiger partial charge in [0.15, 0.2) is 0 Å². The van der Waals surface area contributed by atoms with Crippen LogP contribution in [0.1, 0.15) is 44.9 Å². The van der Waals surface area contributed by atoms with Crippen LogP contribution in [-0.2, 0) is 4.74 Å². The van der Waals surface area contributed by atoms with Gasteiger partial charge < -0.3 is 10.1 Å². The van der Waals surface area contributed by atoms with Crippen molar-refractivity contribution in [3.8, 4) is 0 Å². The maximum atomic E-state index is 5.39. The molecule has 0 aromatic carbocycles. The standard InChI is InChI=1S/C13H23NO/c1-6-13(7-1,11-2-3-11)10-14-12-4-8-15-9-5-12/h11-12,14H,1-10H2. The lowest BCUT2D eigenvalue weighted by Gasteiger charge is -2.44. The van der Waals surface area contributed by atoms with Crippen LogP contribution in [0.5, 0.6) is 0 Å². The topological polar surface area (TPSA) is 21.3 Å². The Bertz CT molecular complexity index is 215. The summed E-state index contributed by atoms with van der Waals surface area (Å²) < 4.78 is 5.39. The van der Waals surface area contributed by atoms with E-state index in [0.717, 1.165) is 30.6 Å². The van der Waals surface area contributed by atoms with Crippen molar-refractivity contribution >= 4 is 0 Å². The van der Waals surface area contributed by atoms with Crippen LogP contribution in [0.4, 0.5) is 0 Å². The minimum Gasteiger partial charge on any atom is -0.381 e. The Balaban J connectivity index is 1.47. The highest BCUT2D eigenvalue weighted by molar-refractivity contribution is 5.01. The maximum absolute atomic E-state index is 5.39. The average molecular weight is 209 g/mol. The summed E-state index contributed by atoms with van der Waals surface area (Å²) in [6.07, 6.45) is 9.93. The normalized spacial score (nSPS) is 31.2. The lowest BCUT2D eigenvalue weighted by molar-refractivity contribution is 0.0572. The molecule has 0 bridgehead atoms. The van der Waals surface area contributed by atoms with Crippen molar-refractivity contribution in [3.05, 3.63) is 0 Å². The molecule has 15 heavy (non-hydrogen) atoms. The highest BCUT2D eigenvalue weighted by atomic mass is 16.5. The second-order valence-corrected chi connectivity index (χ2v) is 5.76. The minimum atomic E-state index is 0.734. The monoisotopic (exact) mass is 209 g/mol. The van der Waals surface area contributed by atoms with E-state index in [1.807, 2.05) is 0 Å². The van der Waals surface area contributed by atoms with Crippen LogP contribution in [0.25, 0.3) is 0 Å².